The molecule has 2 amide bonds. The summed E-state index contributed by atoms with van der Waals surface area (Å²) in [7, 11) is 1.41. The summed E-state index contributed by atoms with van der Waals surface area (Å²) < 4.78 is 46.9. The molecule has 0 unspecified atom stereocenters. The van der Waals surface area contributed by atoms with Crippen LogP contribution < -0.4 is 10.6 Å². The van der Waals surface area contributed by atoms with Crippen molar-refractivity contribution in [2.24, 2.45) is 10.9 Å². The minimum Gasteiger partial charge on any atom is -0.442 e. The Kier molecular flexibility index (Phi) is 4.86. The number of amides is 2. The molecule has 0 aliphatic carbocycles. The number of nitrogens with zero attached hydrogens (tertiary/aromatic N) is 2. The number of rotatable bonds is 1. The van der Waals surface area contributed by atoms with Crippen molar-refractivity contribution in [3.63, 3.8) is 0 Å². The summed E-state index contributed by atoms with van der Waals surface area (Å²) in [5, 5.41) is 5.86. The molecule has 2 fully saturated rings. The first kappa shape index (κ1) is 20.1. The molecule has 3 rings (SSSR count). The Labute approximate surface area is 159 Å². The van der Waals surface area contributed by atoms with Crippen LogP contribution >= 0.6 is 0 Å². The van der Waals surface area contributed by atoms with Gasteiger partial charge in [-0.3, -0.25) is 9.69 Å². The standard InChI is InChI=1S/C18H21F3N4O3/c1-17(2,3)28-16(27)23-15-24-18(8-22-7-10(18)14(26)25(15)4)9-5-12(20)13(21)6-11(9)19/h5-6,10,22H,7-8H2,1-4H3,(H,23,24,27)/t10-,18+/m0/s1. The van der Waals surface area contributed by atoms with Crippen LogP contribution in [0.15, 0.2) is 17.1 Å². The molecule has 2 saturated heterocycles. The summed E-state index contributed by atoms with van der Waals surface area (Å²) in [6.45, 7) is 5.21. The van der Waals surface area contributed by atoms with Crippen molar-refractivity contribution < 1.29 is 27.5 Å². The van der Waals surface area contributed by atoms with Gasteiger partial charge in [0.2, 0.25) is 11.9 Å². The lowest BCUT2D eigenvalue weighted by Crippen LogP contribution is -2.65. The van der Waals surface area contributed by atoms with Gasteiger partial charge in [-0.05, 0) is 26.8 Å². The number of halogens is 3. The molecule has 2 N–H and O–H groups in total. The highest BCUT2D eigenvalue weighted by Gasteiger charge is 2.55. The van der Waals surface area contributed by atoms with Crippen LogP contribution in [0.2, 0.25) is 0 Å². The van der Waals surface area contributed by atoms with Gasteiger partial charge >= 0.3 is 6.09 Å². The molecular formula is C18H21F3N4O3. The highest BCUT2D eigenvalue weighted by molar-refractivity contribution is 6.05. The molecule has 2 aliphatic heterocycles. The van der Waals surface area contributed by atoms with Crippen LogP contribution in [0.5, 0.6) is 0 Å². The van der Waals surface area contributed by atoms with E-state index < -0.39 is 46.5 Å². The van der Waals surface area contributed by atoms with Crippen LogP contribution in [0.25, 0.3) is 0 Å². The molecule has 1 aromatic carbocycles. The SMILES string of the molecule is CN1C(=O)[C@@H]2CNC[C@]2(c2cc(F)c(F)cc2F)N/C1=N/C(=O)OC(C)(C)C. The first-order valence-electron chi connectivity index (χ1n) is 8.68. The molecule has 7 nitrogen and oxygen atoms in total. The Morgan fingerprint density at radius 1 is 1.25 bits per heavy atom. The van der Waals surface area contributed by atoms with E-state index in [2.05, 4.69) is 15.6 Å². The number of hydrogen-bond donors (Lipinski definition) is 2. The number of carbonyl (C=O) groups is 2. The lowest BCUT2D eigenvalue weighted by molar-refractivity contribution is -0.134. The quantitative estimate of drug-likeness (QED) is 0.706. The van der Waals surface area contributed by atoms with Crippen LogP contribution in [0.4, 0.5) is 18.0 Å². The Balaban J connectivity index is 2.06. The average molecular weight is 398 g/mol. The van der Waals surface area contributed by atoms with Gasteiger partial charge in [0.05, 0.1) is 11.5 Å². The predicted octanol–water partition coefficient (Wildman–Crippen LogP) is 1.87. The van der Waals surface area contributed by atoms with E-state index in [0.717, 1.165) is 11.0 Å². The van der Waals surface area contributed by atoms with Gasteiger partial charge in [-0.1, -0.05) is 0 Å². The third-order valence-electron chi connectivity index (χ3n) is 4.71. The monoisotopic (exact) mass is 398 g/mol. The second kappa shape index (κ2) is 6.77. The number of fused-ring (bicyclic) bond motifs is 1. The predicted molar refractivity (Wildman–Crippen MR) is 93.9 cm³/mol. The van der Waals surface area contributed by atoms with E-state index in [-0.39, 0.29) is 24.6 Å². The smallest absolute Gasteiger partial charge is 0.437 e. The van der Waals surface area contributed by atoms with Gasteiger partial charge in [-0.2, -0.15) is 0 Å². The van der Waals surface area contributed by atoms with Crippen molar-refractivity contribution in [1.82, 2.24) is 15.5 Å². The lowest BCUT2D eigenvalue weighted by Gasteiger charge is -2.43. The number of nitrogens with one attached hydrogen (secondary N) is 2. The number of hydrogen-bond acceptors (Lipinski definition) is 4. The van der Waals surface area contributed by atoms with Gasteiger partial charge in [-0.25, -0.2) is 18.0 Å². The van der Waals surface area contributed by atoms with E-state index in [1.54, 1.807) is 20.8 Å². The Hall–Kier alpha value is -2.62. The third-order valence-corrected chi connectivity index (χ3v) is 4.71. The molecule has 0 radical (unpaired) electrons. The first-order chi connectivity index (χ1) is 12.9. The Morgan fingerprint density at radius 2 is 1.89 bits per heavy atom. The van der Waals surface area contributed by atoms with Crippen LogP contribution in [-0.2, 0) is 15.1 Å². The Bertz CT molecular complexity index is 868. The van der Waals surface area contributed by atoms with Crippen LogP contribution in [0.1, 0.15) is 26.3 Å². The van der Waals surface area contributed by atoms with E-state index >= 15 is 0 Å². The topological polar surface area (TPSA) is 83.0 Å². The largest absolute Gasteiger partial charge is 0.442 e. The zero-order valence-corrected chi connectivity index (χ0v) is 15.9. The summed E-state index contributed by atoms with van der Waals surface area (Å²) >= 11 is 0. The zero-order valence-electron chi connectivity index (χ0n) is 15.9. The number of benzene rings is 1. The first-order valence-corrected chi connectivity index (χ1v) is 8.68. The van der Waals surface area contributed by atoms with E-state index in [9.17, 15) is 22.8 Å². The summed E-state index contributed by atoms with van der Waals surface area (Å²) in [6, 6.07) is 1.16. The average Bonchev–Trinajstić information content (AvgIpc) is 2.99. The van der Waals surface area contributed by atoms with E-state index in [1.165, 1.54) is 7.05 Å². The summed E-state index contributed by atoms with van der Waals surface area (Å²) in [5.74, 6) is -5.00. The Morgan fingerprint density at radius 3 is 2.54 bits per heavy atom. The van der Waals surface area contributed by atoms with Crippen molar-refractivity contribution in [2.45, 2.75) is 31.9 Å². The van der Waals surface area contributed by atoms with Crippen molar-refractivity contribution in [1.29, 1.82) is 0 Å². The van der Waals surface area contributed by atoms with E-state index in [1.807, 2.05) is 0 Å². The number of carbonyl (C=O) groups excluding carboxylic acids is 2. The minimum absolute atomic E-state index is 0.0482. The van der Waals surface area contributed by atoms with Crippen LogP contribution in [0.3, 0.4) is 0 Å². The fourth-order valence-electron chi connectivity index (χ4n) is 3.45. The molecule has 2 heterocycles. The lowest BCUT2D eigenvalue weighted by atomic mass is 9.78. The van der Waals surface area contributed by atoms with Gasteiger partial charge in [0.15, 0.2) is 11.6 Å². The molecule has 10 heteroatoms. The zero-order chi connectivity index (χ0) is 20.9. The molecule has 28 heavy (non-hydrogen) atoms. The highest BCUT2D eigenvalue weighted by Crippen LogP contribution is 2.39. The maximum absolute atomic E-state index is 14.6. The van der Waals surface area contributed by atoms with Crippen LogP contribution in [0, 0.1) is 23.4 Å². The fourth-order valence-corrected chi connectivity index (χ4v) is 3.45. The number of ether oxygens (including phenoxy) is 1. The number of aliphatic imine (C=N–C) groups is 1. The molecule has 0 aromatic heterocycles. The molecule has 0 spiro atoms. The van der Waals surface area contributed by atoms with Gasteiger partial charge in [-0.15, -0.1) is 4.99 Å². The molecule has 2 aliphatic rings. The van der Waals surface area contributed by atoms with Gasteiger partial charge in [0.1, 0.15) is 11.4 Å². The molecule has 2 atom stereocenters. The van der Waals surface area contributed by atoms with Crippen molar-refractivity contribution in [2.75, 3.05) is 20.1 Å². The highest BCUT2D eigenvalue weighted by atomic mass is 19.2. The molecule has 1 aromatic rings. The molecular weight excluding hydrogens is 377 g/mol. The van der Waals surface area contributed by atoms with Gasteiger partial charge in [0, 0.05) is 31.8 Å². The van der Waals surface area contributed by atoms with Gasteiger partial charge < -0.3 is 15.4 Å². The summed E-state index contributed by atoms with van der Waals surface area (Å²) in [5.41, 5.74) is -2.46. The number of guanidine groups is 1. The second-order valence-electron chi connectivity index (χ2n) is 7.84. The normalized spacial score (nSPS) is 26.2. The summed E-state index contributed by atoms with van der Waals surface area (Å²) in [4.78, 5) is 29.8. The van der Waals surface area contributed by atoms with E-state index in [0.29, 0.717) is 6.07 Å². The molecule has 152 valence electrons. The fraction of sp³-hybridized carbons (Fsp3) is 0.500. The van der Waals surface area contributed by atoms with Crippen molar-refractivity contribution >= 4 is 18.0 Å². The van der Waals surface area contributed by atoms with E-state index in [4.69, 9.17) is 4.74 Å². The summed E-state index contributed by atoms with van der Waals surface area (Å²) in [6.07, 6.45) is -0.944. The second-order valence-corrected chi connectivity index (χ2v) is 7.84. The van der Waals surface area contributed by atoms with Crippen molar-refractivity contribution in [3.8, 4) is 0 Å². The molecule has 0 bridgehead atoms. The third kappa shape index (κ3) is 3.44. The maximum Gasteiger partial charge on any atom is 0.437 e. The van der Waals surface area contributed by atoms with Gasteiger partial charge in [0.25, 0.3) is 0 Å². The minimum atomic E-state index is -1.43. The van der Waals surface area contributed by atoms with Crippen LogP contribution in [-0.4, -0.2) is 48.6 Å². The van der Waals surface area contributed by atoms with Crippen molar-refractivity contribution in [3.05, 3.63) is 35.1 Å². The molecule has 0 saturated carbocycles. The maximum atomic E-state index is 14.6.